The third-order valence-corrected chi connectivity index (χ3v) is 5.80. The minimum Gasteiger partial charge on any atom is -0.438 e. The number of amides is 1. The molecule has 0 spiro atoms. The first-order chi connectivity index (χ1) is 16.1. The molecule has 4 rings (SSSR count). The average molecular weight is 483 g/mol. The quantitative estimate of drug-likeness (QED) is 0.486. The topological polar surface area (TPSA) is 92.3 Å². The Bertz CT molecular complexity index is 1060. The summed E-state index contributed by atoms with van der Waals surface area (Å²) in [5, 5.41) is 6.53. The summed E-state index contributed by atoms with van der Waals surface area (Å²) >= 11 is 0. The van der Waals surface area contributed by atoms with Crippen molar-refractivity contribution in [3.8, 4) is 11.6 Å². The van der Waals surface area contributed by atoms with Crippen LogP contribution >= 0.6 is 12.4 Å². The van der Waals surface area contributed by atoms with Crippen LogP contribution in [0.3, 0.4) is 0 Å². The van der Waals surface area contributed by atoms with Crippen LogP contribution in [-0.2, 0) is 0 Å². The van der Waals surface area contributed by atoms with E-state index in [9.17, 15) is 4.79 Å². The fourth-order valence-electron chi connectivity index (χ4n) is 3.94. The number of pyridine rings is 1. The van der Waals surface area contributed by atoms with E-state index in [2.05, 4.69) is 25.6 Å². The largest absolute Gasteiger partial charge is 0.438 e. The molecule has 34 heavy (non-hydrogen) atoms. The Kier molecular flexibility index (Phi) is 9.04. The maximum atomic E-state index is 12.8. The molecular weight excluding hydrogens is 452 g/mol. The molecule has 180 valence electrons. The highest BCUT2D eigenvalue weighted by Gasteiger charge is 2.23. The smallest absolute Gasteiger partial charge is 0.256 e. The summed E-state index contributed by atoms with van der Waals surface area (Å²) in [6.45, 7) is 0.637. The number of benzene rings is 1. The Hall–Kier alpha value is -3.39. The maximum absolute atomic E-state index is 12.8. The first-order valence-electron chi connectivity index (χ1n) is 11.3. The van der Waals surface area contributed by atoms with Gasteiger partial charge in [-0.3, -0.25) is 4.79 Å². The number of hydrogen-bond donors (Lipinski definition) is 2. The number of anilines is 2. The Morgan fingerprint density at radius 2 is 1.76 bits per heavy atom. The molecule has 8 nitrogen and oxygen atoms in total. The summed E-state index contributed by atoms with van der Waals surface area (Å²) in [6, 6.07) is 15.1. The molecule has 1 aliphatic rings. The number of aromatic nitrogens is 3. The zero-order valence-electron chi connectivity index (χ0n) is 19.5. The van der Waals surface area contributed by atoms with Crippen LogP contribution in [0.2, 0.25) is 0 Å². The van der Waals surface area contributed by atoms with Crippen molar-refractivity contribution in [2.24, 2.45) is 5.92 Å². The van der Waals surface area contributed by atoms with Crippen LogP contribution in [0.25, 0.3) is 0 Å². The van der Waals surface area contributed by atoms with Crippen molar-refractivity contribution < 1.29 is 9.53 Å². The molecule has 0 radical (unpaired) electrons. The van der Waals surface area contributed by atoms with Crippen molar-refractivity contribution in [3.05, 3.63) is 66.5 Å². The van der Waals surface area contributed by atoms with E-state index in [-0.39, 0.29) is 18.3 Å². The van der Waals surface area contributed by atoms with Crippen LogP contribution < -0.4 is 20.3 Å². The van der Waals surface area contributed by atoms with Gasteiger partial charge in [0.2, 0.25) is 11.8 Å². The molecule has 0 unspecified atom stereocenters. The number of carbonyl (C=O) groups excluding carboxylic acids is 1. The monoisotopic (exact) mass is 482 g/mol. The molecule has 0 bridgehead atoms. The minimum atomic E-state index is -0.164. The Morgan fingerprint density at radius 1 is 1.00 bits per heavy atom. The standard InChI is InChI=1S/C25H30N6O2.ClH/c1-31(2)22-14-16-27-25(30-22)29-19-12-10-18(11-13-19)17-28-23(32)21-9-6-15-26-24(21)33-20-7-4-3-5-8-20;/h3-9,14-16,18-19H,10-13,17H2,1-2H3,(H,28,32)(H,27,29,30);1H. The lowest BCUT2D eigenvalue weighted by Crippen LogP contribution is -2.34. The number of carbonyl (C=O) groups is 1. The van der Waals surface area contributed by atoms with Crippen molar-refractivity contribution in [1.29, 1.82) is 0 Å². The highest BCUT2D eigenvalue weighted by atomic mass is 35.5. The van der Waals surface area contributed by atoms with Crippen LogP contribution in [-0.4, -0.2) is 47.5 Å². The van der Waals surface area contributed by atoms with E-state index in [0.717, 1.165) is 31.5 Å². The average Bonchev–Trinajstić information content (AvgIpc) is 2.84. The van der Waals surface area contributed by atoms with Crippen molar-refractivity contribution in [2.75, 3.05) is 30.9 Å². The molecule has 1 aromatic carbocycles. The zero-order valence-corrected chi connectivity index (χ0v) is 20.3. The fraction of sp³-hybridized carbons (Fsp3) is 0.360. The van der Waals surface area contributed by atoms with Crippen LogP contribution in [0.1, 0.15) is 36.0 Å². The lowest BCUT2D eigenvalue weighted by Gasteiger charge is -2.29. The molecule has 0 aliphatic heterocycles. The molecule has 1 amide bonds. The summed E-state index contributed by atoms with van der Waals surface area (Å²) in [5.41, 5.74) is 0.439. The van der Waals surface area contributed by atoms with Gasteiger partial charge in [-0.15, -0.1) is 12.4 Å². The molecular formula is C25H31ClN6O2. The van der Waals surface area contributed by atoms with Crippen molar-refractivity contribution in [1.82, 2.24) is 20.3 Å². The van der Waals surface area contributed by atoms with E-state index in [1.807, 2.05) is 55.4 Å². The van der Waals surface area contributed by atoms with Crippen molar-refractivity contribution in [2.45, 2.75) is 31.7 Å². The number of para-hydroxylation sites is 1. The SMILES string of the molecule is CN(C)c1ccnc(NC2CCC(CNC(=O)c3cccnc3Oc3ccccc3)CC2)n1.Cl. The van der Waals surface area contributed by atoms with Gasteiger partial charge >= 0.3 is 0 Å². The predicted molar refractivity (Wildman–Crippen MR) is 136 cm³/mol. The van der Waals surface area contributed by atoms with Crippen LogP contribution in [0.15, 0.2) is 60.9 Å². The van der Waals surface area contributed by atoms with Gasteiger partial charge in [0.15, 0.2) is 0 Å². The van der Waals surface area contributed by atoms with Crippen molar-refractivity contribution in [3.63, 3.8) is 0 Å². The van der Waals surface area contributed by atoms with Gasteiger partial charge in [-0.05, 0) is 61.9 Å². The maximum Gasteiger partial charge on any atom is 0.256 e. The molecule has 2 heterocycles. The molecule has 0 atom stereocenters. The summed E-state index contributed by atoms with van der Waals surface area (Å²) in [5.74, 6) is 2.79. The number of halogens is 1. The highest BCUT2D eigenvalue weighted by Crippen LogP contribution is 2.27. The first-order valence-corrected chi connectivity index (χ1v) is 11.3. The number of rotatable bonds is 8. The summed E-state index contributed by atoms with van der Waals surface area (Å²) in [6.07, 6.45) is 7.51. The van der Waals surface area contributed by atoms with Gasteiger partial charge in [0.25, 0.3) is 5.91 Å². The molecule has 0 saturated heterocycles. The first kappa shape index (κ1) is 25.2. The third-order valence-electron chi connectivity index (χ3n) is 5.80. The lowest BCUT2D eigenvalue weighted by molar-refractivity contribution is 0.0940. The van der Waals surface area contributed by atoms with Crippen LogP contribution in [0, 0.1) is 5.92 Å². The predicted octanol–water partition coefficient (Wildman–Crippen LogP) is 4.55. The summed E-state index contributed by atoms with van der Waals surface area (Å²) in [7, 11) is 3.93. The molecule has 2 N–H and O–H groups in total. The van der Waals surface area contributed by atoms with Crippen molar-refractivity contribution >= 4 is 30.1 Å². The van der Waals surface area contributed by atoms with E-state index in [0.29, 0.717) is 41.6 Å². The fourth-order valence-corrected chi connectivity index (χ4v) is 3.94. The third kappa shape index (κ3) is 6.81. The van der Waals surface area contributed by atoms with Gasteiger partial charge in [0.1, 0.15) is 17.1 Å². The van der Waals surface area contributed by atoms with E-state index in [1.54, 1.807) is 24.5 Å². The van der Waals surface area contributed by atoms with Gasteiger partial charge < -0.3 is 20.3 Å². The molecule has 1 aliphatic carbocycles. The molecule has 9 heteroatoms. The second kappa shape index (κ2) is 12.2. The summed E-state index contributed by atoms with van der Waals surface area (Å²) < 4.78 is 5.82. The number of nitrogens with zero attached hydrogens (tertiary/aromatic N) is 4. The number of nitrogens with one attached hydrogen (secondary N) is 2. The molecule has 3 aromatic rings. The molecule has 2 aromatic heterocycles. The normalized spacial score (nSPS) is 17.2. The Balaban J connectivity index is 0.00000324. The van der Waals surface area contributed by atoms with E-state index in [4.69, 9.17) is 4.74 Å². The van der Waals surface area contributed by atoms with Crippen LogP contribution in [0.5, 0.6) is 11.6 Å². The van der Waals surface area contributed by atoms with Crippen LogP contribution in [0.4, 0.5) is 11.8 Å². The molecule has 1 saturated carbocycles. The second-order valence-electron chi connectivity index (χ2n) is 8.48. The molecule has 1 fully saturated rings. The van der Waals surface area contributed by atoms with E-state index in [1.165, 1.54) is 0 Å². The van der Waals surface area contributed by atoms with Gasteiger partial charge in [-0.1, -0.05) is 18.2 Å². The van der Waals surface area contributed by atoms with Gasteiger partial charge in [0, 0.05) is 39.1 Å². The van der Waals surface area contributed by atoms with Gasteiger partial charge in [-0.25, -0.2) is 9.97 Å². The minimum absolute atomic E-state index is 0. The number of hydrogen-bond acceptors (Lipinski definition) is 7. The Morgan fingerprint density at radius 3 is 2.50 bits per heavy atom. The van der Waals surface area contributed by atoms with E-state index < -0.39 is 0 Å². The Labute approximate surface area is 206 Å². The summed E-state index contributed by atoms with van der Waals surface area (Å²) in [4.78, 5) is 27.9. The number of ether oxygens (including phenoxy) is 1. The van der Waals surface area contributed by atoms with Gasteiger partial charge in [-0.2, -0.15) is 4.98 Å². The van der Waals surface area contributed by atoms with E-state index >= 15 is 0 Å². The second-order valence-corrected chi connectivity index (χ2v) is 8.48. The van der Waals surface area contributed by atoms with Gasteiger partial charge in [0.05, 0.1) is 0 Å². The lowest BCUT2D eigenvalue weighted by atomic mass is 9.86. The highest BCUT2D eigenvalue weighted by molar-refractivity contribution is 5.96. The zero-order chi connectivity index (χ0) is 23.0.